The van der Waals surface area contributed by atoms with Gasteiger partial charge in [-0.1, -0.05) is 18.2 Å². The van der Waals surface area contributed by atoms with Crippen molar-refractivity contribution >= 4 is 0 Å². The maximum Gasteiger partial charge on any atom is 0.0995 e. The first-order chi connectivity index (χ1) is 7.79. The molecule has 2 rings (SSSR count). The van der Waals surface area contributed by atoms with Gasteiger partial charge in [-0.05, 0) is 31.0 Å². The summed E-state index contributed by atoms with van der Waals surface area (Å²) in [7, 11) is 0. The molecule has 1 aliphatic rings. The standard InChI is InChI=1S/C13H17N3/c14-8-11-4-1-2-5-12(11)9-16-7-3-6-13(15)10-16/h1-2,4-5,13H,3,6-7,9-10,15H2. The van der Waals surface area contributed by atoms with Crippen LogP contribution in [0.4, 0.5) is 0 Å². The lowest BCUT2D eigenvalue weighted by Crippen LogP contribution is -2.42. The molecule has 0 aromatic heterocycles. The molecule has 1 aromatic rings. The molecule has 1 fully saturated rings. The Morgan fingerprint density at radius 1 is 1.44 bits per heavy atom. The van der Waals surface area contributed by atoms with Crippen molar-refractivity contribution in [2.24, 2.45) is 5.73 Å². The molecule has 0 saturated carbocycles. The average Bonchev–Trinajstić information content (AvgIpc) is 2.30. The number of rotatable bonds is 2. The summed E-state index contributed by atoms with van der Waals surface area (Å²) in [4.78, 5) is 2.34. The summed E-state index contributed by atoms with van der Waals surface area (Å²) in [5.41, 5.74) is 7.83. The van der Waals surface area contributed by atoms with Gasteiger partial charge < -0.3 is 5.73 Å². The van der Waals surface area contributed by atoms with E-state index in [-0.39, 0.29) is 0 Å². The number of benzene rings is 1. The summed E-state index contributed by atoms with van der Waals surface area (Å²) in [6.45, 7) is 2.88. The molecule has 84 valence electrons. The first-order valence-electron chi connectivity index (χ1n) is 5.75. The van der Waals surface area contributed by atoms with E-state index in [0.717, 1.165) is 43.6 Å². The number of nitrogens with zero attached hydrogens (tertiary/aromatic N) is 2. The summed E-state index contributed by atoms with van der Waals surface area (Å²) in [5, 5.41) is 9.01. The van der Waals surface area contributed by atoms with Crippen LogP contribution in [-0.2, 0) is 6.54 Å². The van der Waals surface area contributed by atoms with E-state index in [1.54, 1.807) is 0 Å². The van der Waals surface area contributed by atoms with Crippen molar-refractivity contribution in [3.63, 3.8) is 0 Å². The van der Waals surface area contributed by atoms with Gasteiger partial charge in [-0.25, -0.2) is 0 Å². The van der Waals surface area contributed by atoms with Crippen molar-refractivity contribution in [3.05, 3.63) is 35.4 Å². The third-order valence-electron chi connectivity index (χ3n) is 3.07. The van der Waals surface area contributed by atoms with Crippen molar-refractivity contribution in [1.29, 1.82) is 5.26 Å². The van der Waals surface area contributed by atoms with E-state index in [1.807, 2.05) is 24.3 Å². The lowest BCUT2D eigenvalue weighted by molar-refractivity contribution is 0.201. The van der Waals surface area contributed by atoms with E-state index in [2.05, 4.69) is 11.0 Å². The Labute approximate surface area is 96.5 Å². The van der Waals surface area contributed by atoms with E-state index in [1.165, 1.54) is 0 Å². The fourth-order valence-corrected chi connectivity index (χ4v) is 2.24. The highest BCUT2D eigenvalue weighted by Crippen LogP contribution is 2.15. The largest absolute Gasteiger partial charge is 0.327 e. The molecular formula is C13H17N3. The lowest BCUT2D eigenvalue weighted by atomic mass is 10.0. The second-order valence-corrected chi connectivity index (χ2v) is 4.41. The minimum atomic E-state index is 0.294. The van der Waals surface area contributed by atoms with Crippen LogP contribution in [0.5, 0.6) is 0 Å². The zero-order valence-corrected chi connectivity index (χ0v) is 9.39. The van der Waals surface area contributed by atoms with Crippen LogP contribution in [-0.4, -0.2) is 24.0 Å². The average molecular weight is 215 g/mol. The van der Waals surface area contributed by atoms with Gasteiger partial charge in [0.15, 0.2) is 0 Å². The SMILES string of the molecule is N#Cc1ccccc1CN1CCCC(N)C1. The maximum atomic E-state index is 9.01. The summed E-state index contributed by atoms with van der Waals surface area (Å²) in [6, 6.07) is 10.3. The molecule has 0 amide bonds. The zero-order valence-electron chi connectivity index (χ0n) is 9.39. The zero-order chi connectivity index (χ0) is 11.4. The van der Waals surface area contributed by atoms with Crippen LogP contribution >= 0.6 is 0 Å². The van der Waals surface area contributed by atoms with Crippen LogP contribution < -0.4 is 5.73 Å². The molecule has 3 heteroatoms. The van der Waals surface area contributed by atoms with Crippen LogP contribution in [0.25, 0.3) is 0 Å². The summed E-state index contributed by atoms with van der Waals surface area (Å²) in [6.07, 6.45) is 2.28. The quantitative estimate of drug-likeness (QED) is 0.813. The highest BCUT2D eigenvalue weighted by Gasteiger charge is 2.17. The van der Waals surface area contributed by atoms with Crippen molar-refractivity contribution in [3.8, 4) is 6.07 Å². The predicted octanol–water partition coefficient (Wildman–Crippen LogP) is 1.48. The van der Waals surface area contributed by atoms with Gasteiger partial charge in [-0.3, -0.25) is 4.90 Å². The number of hydrogen-bond acceptors (Lipinski definition) is 3. The Hall–Kier alpha value is -1.37. The van der Waals surface area contributed by atoms with Crippen LogP contribution in [0.1, 0.15) is 24.0 Å². The van der Waals surface area contributed by atoms with E-state index >= 15 is 0 Å². The molecule has 1 atom stereocenters. The number of hydrogen-bond donors (Lipinski definition) is 1. The number of nitrogens with two attached hydrogens (primary N) is 1. The van der Waals surface area contributed by atoms with E-state index in [4.69, 9.17) is 11.0 Å². The molecule has 1 aromatic carbocycles. The van der Waals surface area contributed by atoms with Crippen molar-refractivity contribution in [1.82, 2.24) is 4.90 Å². The van der Waals surface area contributed by atoms with E-state index < -0.39 is 0 Å². The molecule has 0 aliphatic carbocycles. The molecule has 0 spiro atoms. The van der Waals surface area contributed by atoms with E-state index in [9.17, 15) is 0 Å². The second kappa shape index (κ2) is 5.11. The first-order valence-corrected chi connectivity index (χ1v) is 5.75. The maximum absolute atomic E-state index is 9.01. The van der Waals surface area contributed by atoms with Gasteiger partial charge >= 0.3 is 0 Å². The molecule has 1 saturated heterocycles. The van der Waals surface area contributed by atoms with Gasteiger partial charge in [0.05, 0.1) is 11.6 Å². The molecule has 3 nitrogen and oxygen atoms in total. The second-order valence-electron chi connectivity index (χ2n) is 4.41. The Morgan fingerprint density at radius 2 is 2.25 bits per heavy atom. The van der Waals surface area contributed by atoms with Crippen LogP contribution in [0.3, 0.4) is 0 Å². The van der Waals surface area contributed by atoms with Gasteiger partial charge in [0, 0.05) is 19.1 Å². The van der Waals surface area contributed by atoms with Gasteiger partial charge in [0.1, 0.15) is 0 Å². The monoisotopic (exact) mass is 215 g/mol. The fourth-order valence-electron chi connectivity index (χ4n) is 2.24. The molecule has 1 aliphatic heterocycles. The van der Waals surface area contributed by atoms with Gasteiger partial charge in [0.2, 0.25) is 0 Å². The number of nitriles is 1. The molecule has 2 N–H and O–H groups in total. The molecule has 0 radical (unpaired) electrons. The lowest BCUT2D eigenvalue weighted by Gasteiger charge is -2.30. The summed E-state index contributed by atoms with van der Waals surface area (Å²) in [5.74, 6) is 0. The Kier molecular flexibility index (Phi) is 3.55. The molecule has 16 heavy (non-hydrogen) atoms. The van der Waals surface area contributed by atoms with Crippen LogP contribution in [0, 0.1) is 11.3 Å². The van der Waals surface area contributed by atoms with E-state index in [0.29, 0.717) is 6.04 Å². The Balaban J connectivity index is 2.06. The topological polar surface area (TPSA) is 53.0 Å². The molecule has 1 heterocycles. The first kappa shape index (κ1) is 11.1. The third-order valence-corrected chi connectivity index (χ3v) is 3.07. The smallest absolute Gasteiger partial charge is 0.0995 e. The molecule has 0 bridgehead atoms. The fraction of sp³-hybridized carbons (Fsp3) is 0.462. The van der Waals surface area contributed by atoms with Crippen LogP contribution in [0.2, 0.25) is 0 Å². The minimum Gasteiger partial charge on any atom is -0.327 e. The van der Waals surface area contributed by atoms with Gasteiger partial charge in [-0.2, -0.15) is 5.26 Å². The molecule has 1 unspecified atom stereocenters. The highest BCUT2D eigenvalue weighted by atomic mass is 15.1. The Morgan fingerprint density at radius 3 is 3.00 bits per heavy atom. The summed E-state index contributed by atoms with van der Waals surface area (Å²) >= 11 is 0. The molecular weight excluding hydrogens is 198 g/mol. The van der Waals surface area contributed by atoms with Crippen LogP contribution in [0.15, 0.2) is 24.3 Å². The normalized spacial score (nSPS) is 21.6. The number of likely N-dealkylation sites (tertiary alicyclic amines) is 1. The Bertz CT molecular complexity index is 394. The highest BCUT2D eigenvalue weighted by molar-refractivity contribution is 5.37. The number of piperidine rings is 1. The third kappa shape index (κ3) is 2.60. The van der Waals surface area contributed by atoms with Gasteiger partial charge in [-0.15, -0.1) is 0 Å². The van der Waals surface area contributed by atoms with Crippen molar-refractivity contribution < 1.29 is 0 Å². The predicted molar refractivity (Wildman–Crippen MR) is 63.6 cm³/mol. The summed E-state index contributed by atoms with van der Waals surface area (Å²) < 4.78 is 0. The van der Waals surface area contributed by atoms with Gasteiger partial charge in [0.25, 0.3) is 0 Å². The minimum absolute atomic E-state index is 0.294. The van der Waals surface area contributed by atoms with Crippen molar-refractivity contribution in [2.75, 3.05) is 13.1 Å². The van der Waals surface area contributed by atoms with Crippen molar-refractivity contribution in [2.45, 2.75) is 25.4 Å².